The molecule has 1 aromatic carbocycles. The van der Waals surface area contributed by atoms with E-state index in [2.05, 4.69) is 11.4 Å². The molecule has 6 heteroatoms. The Kier molecular flexibility index (Phi) is 6.52. The van der Waals surface area contributed by atoms with Crippen LogP contribution in [-0.2, 0) is 11.3 Å². The summed E-state index contributed by atoms with van der Waals surface area (Å²) in [5.41, 5.74) is -0.107. The van der Waals surface area contributed by atoms with Crippen LogP contribution < -0.4 is 15.0 Å². The largest absolute Gasteiger partial charge is 0.494 e. The lowest BCUT2D eigenvalue weighted by Gasteiger charge is -2.27. The predicted octanol–water partition coefficient (Wildman–Crippen LogP) is 0.903. The van der Waals surface area contributed by atoms with E-state index < -0.39 is 11.4 Å². The summed E-state index contributed by atoms with van der Waals surface area (Å²) in [5.74, 6) is -0.411. The van der Waals surface area contributed by atoms with Gasteiger partial charge in [-0.3, -0.25) is 4.79 Å². The molecule has 0 bridgehead atoms. The molecule has 0 aromatic heterocycles. The zero-order valence-electron chi connectivity index (χ0n) is 14.4. The van der Waals surface area contributed by atoms with E-state index in [0.29, 0.717) is 6.54 Å². The SMILES string of the molecule is COc1ccc(C[NH+](C)CC(=O)N[C@](C)(C#N)C(C)C)cc1F. The van der Waals surface area contributed by atoms with E-state index in [1.807, 2.05) is 20.9 Å². The monoisotopic (exact) mass is 322 g/mol. The van der Waals surface area contributed by atoms with Crippen molar-refractivity contribution in [1.82, 2.24) is 5.32 Å². The minimum atomic E-state index is -0.885. The van der Waals surface area contributed by atoms with E-state index in [4.69, 9.17) is 4.74 Å². The van der Waals surface area contributed by atoms with Gasteiger partial charge in [0.15, 0.2) is 18.1 Å². The van der Waals surface area contributed by atoms with Gasteiger partial charge in [0.25, 0.3) is 5.91 Å². The summed E-state index contributed by atoms with van der Waals surface area (Å²) >= 11 is 0. The van der Waals surface area contributed by atoms with Crippen molar-refractivity contribution >= 4 is 5.91 Å². The molecule has 1 amide bonds. The maximum Gasteiger partial charge on any atom is 0.276 e. The molecule has 0 saturated heterocycles. The second kappa shape index (κ2) is 7.93. The Balaban J connectivity index is 2.63. The van der Waals surface area contributed by atoms with Crippen molar-refractivity contribution in [3.05, 3.63) is 29.6 Å². The maximum absolute atomic E-state index is 13.7. The van der Waals surface area contributed by atoms with Crippen LogP contribution in [-0.4, -0.2) is 32.1 Å². The van der Waals surface area contributed by atoms with Gasteiger partial charge in [-0.25, -0.2) is 4.39 Å². The standard InChI is InChI=1S/C17H24FN3O2/c1-12(2)17(3,11-19)20-16(22)10-21(4)9-13-6-7-15(23-5)14(18)8-13/h6-8,12H,9-10H2,1-5H3,(H,20,22)/p+1/t17-/m1/s1. The predicted molar refractivity (Wildman–Crippen MR) is 85.4 cm³/mol. The van der Waals surface area contributed by atoms with Gasteiger partial charge in [0, 0.05) is 5.56 Å². The summed E-state index contributed by atoms with van der Waals surface area (Å²) in [5, 5.41) is 12.0. The highest BCUT2D eigenvalue weighted by molar-refractivity contribution is 5.78. The molecule has 2 N–H and O–H groups in total. The van der Waals surface area contributed by atoms with Gasteiger partial charge in [-0.2, -0.15) is 5.26 Å². The van der Waals surface area contributed by atoms with Crippen LogP contribution in [0.3, 0.4) is 0 Å². The first kappa shape index (κ1) is 18.9. The van der Waals surface area contributed by atoms with Gasteiger partial charge in [-0.05, 0) is 31.0 Å². The Hall–Kier alpha value is -2.13. The molecule has 0 radical (unpaired) electrons. The number of carbonyl (C=O) groups excluding carboxylic acids is 1. The second-order valence-corrected chi connectivity index (χ2v) is 6.30. The van der Waals surface area contributed by atoms with E-state index in [9.17, 15) is 14.4 Å². The van der Waals surface area contributed by atoms with Crippen molar-refractivity contribution in [2.75, 3.05) is 20.7 Å². The van der Waals surface area contributed by atoms with Crippen LogP contribution in [0.1, 0.15) is 26.3 Å². The molecule has 0 heterocycles. The number of nitriles is 1. The number of hydrogen-bond acceptors (Lipinski definition) is 3. The molecule has 0 spiro atoms. The first-order valence-electron chi connectivity index (χ1n) is 7.57. The molecule has 1 unspecified atom stereocenters. The van der Waals surface area contributed by atoms with Crippen molar-refractivity contribution in [3.8, 4) is 11.8 Å². The molecule has 0 aliphatic rings. The molecule has 126 valence electrons. The van der Waals surface area contributed by atoms with Gasteiger partial charge in [0.1, 0.15) is 12.1 Å². The van der Waals surface area contributed by atoms with Crippen LogP contribution in [0, 0.1) is 23.1 Å². The Bertz CT molecular complexity index is 598. The average Bonchev–Trinajstić information content (AvgIpc) is 2.46. The Morgan fingerprint density at radius 1 is 1.52 bits per heavy atom. The zero-order valence-corrected chi connectivity index (χ0v) is 14.4. The molecule has 1 aromatic rings. The second-order valence-electron chi connectivity index (χ2n) is 6.30. The third-order valence-electron chi connectivity index (χ3n) is 3.97. The fourth-order valence-corrected chi connectivity index (χ4v) is 2.14. The summed E-state index contributed by atoms with van der Waals surface area (Å²) in [6.45, 7) is 6.20. The van der Waals surface area contributed by atoms with Crippen LogP contribution in [0.4, 0.5) is 4.39 Å². The van der Waals surface area contributed by atoms with Crippen molar-refractivity contribution in [1.29, 1.82) is 5.26 Å². The van der Waals surface area contributed by atoms with E-state index in [-0.39, 0.29) is 24.1 Å². The molecule has 2 atom stereocenters. The highest BCUT2D eigenvalue weighted by Crippen LogP contribution is 2.17. The van der Waals surface area contributed by atoms with Gasteiger partial charge in [0.2, 0.25) is 0 Å². The van der Waals surface area contributed by atoms with E-state index in [1.165, 1.54) is 13.2 Å². The number of ether oxygens (including phenoxy) is 1. The number of benzene rings is 1. The number of methoxy groups -OCH3 is 1. The third kappa shape index (κ3) is 5.22. The van der Waals surface area contributed by atoms with Crippen LogP contribution in [0.5, 0.6) is 5.75 Å². The van der Waals surface area contributed by atoms with Crippen molar-refractivity contribution in [3.63, 3.8) is 0 Å². The molecule has 0 fully saturated rings. The number of likely N-dealkylation sites (N-methyl/N-ethyl adjacent to an activating group) is 1. The van der Waals surface area contributed by atoms with Gasteiger partial charge in [0.05, 0.1) is 20.2 Å². The molecular formula is C17H25FN3O2+. The lowest BCUT2D eigenvalue weighted by atomic mass is 9.90. The van der Waals surface area contributed by atoms with Crippen LogP contribution in [0.15, 0.2) is 18.2 Å². The quantitative estimate of drug-likeness (QED) is 0.784. The van der Waals surface area contributed by atoms with E-state index >= 15 is 0 Å². The number of nitrogens with zero attached hydrogens (tertiary/aromatic N) is 1. The molecule has 0 aliphatic carbocycles. The molecule has 1 rings (SSSR count). The molecule has 23 heavy (non-hydrogen) atoms. The summed E-state index contributed by atoms with van der Waals surface area (Å²) in [6.07, 6.45) is 0. The summed E-state index contributed by atoms with van der Waals surface area (Å²) in [7, 11) is 3.27. The molecular weight excluding hydrogens is 297 g/mol. The van der Waals surface area contributed by atoms with Crippen LogP contribution >= 0.6 is 0 Å². The first-order chi connectivity index (χ1) is 10.7. The highest BCUT2D eigenvalue weighted by atomic mass is 19.1. The van der Waals surface area contributed by atoms with Gasteiger partial charge >= 0.3 is 0 Å². The average molecular weight is 322 g/mol. The number of halogens is 1. The Labute approximate surface area is 137 Å². The van der Waals surface area contributed by atoms with Crippen LogP contribution in [0.2, 0.25) is 0 Å². The lowest BCUT2D eigenvalue weighted by Crippen LogP contribution is -3.09. The molecule has 0 saturated carbocycles. The van der Waals surface area contributed by atoms with Crippen LogP contribution in [0.25, 0.3) is 0 Å². The molecule has 0 aliphatic heterocycles. The van der Waals surface area contributed by atoms with Gasteiger partial charge in [-0.15, -0.1) is 0 Å². The van der Waals surface area contributed by atoms with Crippen molar-refractivity contribution in [2.24, 2.45) is 5.92 Å². The Morgan fingerprint density at radius 3 is 2.65 bits per heavy atom. The van der Waals surface area contributed by atoms with E-state index in [0.717, 1.165) is 10.5 Å². The summed E-state index contributed by atoms with van der Waals surface area (Å²) < 4.78 is 18.6. The minimum absolute atomic E-state index is 0.00689. The Morgan fingerprint density at radius 2 is 2.17 bits per heavy atom. The number of amides is 1. The number of quaternary nitrogens is 1. The fraction of sp³-hybridized carbons (Fsp3) is 0.529. The van der Waals surface area contributed by atoms with E-state index in [1.54, 1.807) is 19.1 Å². The number of nitrogens with one attached hydrogen (secondary N) is 2. The van der Waals surface area contributed by atoms with Gasteiger partial charge in [-0.1, -0.05) is 13.8 Å². The first-order valence-corrected chi connectivity index (χ1v) is 7.57. The number of hydrogen-bond donors (Lipinski definition) is 2. The highest BCUT2D eigenvalue weighted by Gasteiger charge is 2.30. The third-order valence-corrected chi connectivity index (χ3v) is 3.97. The fourth-order valence-electron chi connectivity index (χ4n) is 2.14. The topological polar surface area (TPSA) is 66.6 Å². The summed E-state index contributed by atoms with van der Waals surface area (Å²) in [4.78, 5) is 13.0. The maximum atomic E-state index is 13.7. The lowest BCUT2D eigenvalue weighted by molar-refractivity contribution is -0.885. The molecule has 5 nitrogen and oxygen atoms in total. The summed E-state index contributed by atoms with van der Waals surface area (Å²) in [6, 6.07) is 6.91. The number of carbonyl (C=O) groups is 1. The smallest absolute Gasteiger partial charge is 0.276 e. The van der Waals surface area contributed by atoms with Gasteiger partial charge < -0.3 is 15.0 Å². The number of rotatable bonds is 7. The normalized spacial score (nSPS) is 14.7. The van der Waals surface area contributed by atoms with Crippen molar-refractivity contribution in [2.45, 2.75) is 32.9 Å². The zero-order chi connectivity index (χ0) is 17.6. The van der Waals surface area contributed by atoms with Crippen molar-refractivity contribution < 1.29 is 18.8 Å². The minimum Gasteiger partial charge on any atom is -0.494 e.